The first-order valence-corrected chi connectivity index (χ1v) is 11.8. The standard InChI is InChI=1S/C25H21F9N4O2/c26-23(27,28)17-1-2-20(35-12-17)38-8-7-36(14-22(38)40)13-21(39)37-5-3-15(4-6-37)16-9-18(24(29,30)31)11-19(10-16)25(32,33)34/h1-3,9-12H,4-8,13-14H2. The third-order valence-corrected chi connectivity index (χ3v) is 6.53. The lowest BCUT2D eigenvalue weighted by molar-refractivity contribution is -0.143. The van der Waals surface area contributed by atoms with Crippen molar-refractivity contribution >= 4 is 23.2 Å². The highest BCUT2D eigenvalue weighted by Gasteiger charge is 2.37. The maximum atomic E-state index is 13.2. The van der Waals surface area contributed by atoms with E-state index in [1.807, 2.05) is 0 Å². The molecule has 2 aromatic rings. The molecule has 15 heteroatoms. The van der Waals surface area contributed by atoms with Crippen LogP contribution in [0.15, 0.2) is 42.6 Å². The number of rotatable bonds is 4. The van der Waals surface area contributed by atoms with Gasteiger partial charge in [-0.15, -0.1) is 0 Å². The van der Waals surface area contributed by atoms with Crippen LogP contribution in [0.4, 0.5) is 45.3 Å². The fraction of sp³-hybridized carbons (Fsp3) is 0.400. The predicted octanol–water partition coefficient (Wildman–Crippen LogP) is 5.10. The number of nitrogens with zero attached hydrogens (tertiary/aromatic N) is 4. The second kappa shape index (κ2) is 10.7. The van der Waals surface area contributed by atoms with Gasteiger partial charge in [-0.2, -0.15) is 39.5 Å². The summed E-state index contributed by atoms with van der Waals surface area (Å²) in [5.74, 6) is -0.831. The summed E-state index contributed by atoms with van der Waals surface area (Å²) >= 11 is 0. The van der Waals surface area contributed by atoms with Crippen molar-refractivity contribution in [2.75, 3.05) is 44.2 Å². The Morgan fingerprint density at radius 1 is 0.825 bits per heavy atom. The molecule has 0 atom stereocenters. The lowest BCUT2D eigenvalue weighted by Crippen LogP contribution is -2.53. The Labute approximate surface area is 221 Å². The maximum Gasteiger partial charge on any atom is 0.417 e. The van der Waals surface area contributed by atoms with Gasteiger partial charge in [0, 0.05) is 32.4 Å². The minimum absolute atomic E-state index is 0.0245. The number of halogens is 9. The van der Waals surface area contributed by atoms with E-state index in [9.17, 15) is 49.1 Å². The summed E-state index contributed by atoms with van der Waals surface area (Å²) in [6.45, 7) is -0.0786. The average molecular weight is 580 g/mol. The predicted molar refractivity (Wildman–Crippen MR) is 124 cm³/mol. The smallest absolute Gasteiger partial charge is 0.338 e. The van der Waals surface area contributed by atoms with Gasteiger partial charge in [0.1, 0.15) is 5.82 Å². The summed E-state index contributed by atoms with van der Waals surface area (Å²) in [7, 11) is 0. The van der Waals surface area contributed by atoms with E-state index in [0.717, 1.165) is 12.1 Å². The topological polar surface area (TPSA) is 56.8 Å². The molecule has 0 saturated carbocycles. The number of pyridine rings is 1. The largest absolute Gasteiger partial charge is 0.417 e. The number of anilines is 1. The van der Waals surface area contributed by atoms with Crippen molar-refractivity contribution in [1.82, 2.24) is 14.8 Å². The van der Waals surface area contributed by atoms with Gasteiger partial charge in [-0.25, -0.2) is 4.98 Å². The molecule has 3 heterocycles. The van der Waals surface area contributed by atoms with Crippen LogP contribution in [-0.2, 0) is 28.1 Å². The van der Waals surface area contributed by atoms with Gasteiger partial charge in [0.25, 0.3) is 0 Å². The summed E-state index contributed by atoms with van der Waals surface area (Å²) in [6, 6.07) is 3.25. The van der Waals surface area contributed by atoms with Crippen molar-refractivity contribution in [2.24, 2.45) is 0 Å². The minimum atomic E-state index is -4.97. The first-order valence-electron chi connectivity index (χ1n) is 11.8. The molecule has 0 radical (unpaired) electrons. The van der Waals surface area contributed by atoms with Crippen LogP contribution >= 0.6 is 0 Å². The summed E-state index contributed by atoms with van der Waals surface area (Å²) in [5, 5.41) is 0. The van der Waals surface area contributed by atoms with Crippen LogP contribution in [0, 0.1) is 0 Å². The zero-order chi connectivity index (χ0) is 29.5. The van der Waals surface area contributed by atoms with Crippen LogP contribution in [0.2, 0.25) is 0 Å². The number of hydrogen-bond donors (Lipinski definition) is 0. The molecule has 2 aliphatic heterocycles. The first kappa shape index (κ1) is 29.4. The molecule has 1 aromatic heterocycles. The van der Waals surface area contributed by atoms with Crippen molar-refractivity contribution in [3.05, 3.63) is 64.9 Å². The van der Waals surface area contributed by atoms with Crippen molar-refractivity contribution in [3.63, 3.8) is 0 Å². The van der Waals surface area contributed by atoms with Gasteiger partial charge in [-0.1, -0.05) is 6.08 Å². The lowest BCUT2D eigenvalue weighted by Gasteiger charge is -2.35. The third kappa shape index (κ3) is 6.74. The molecule has 2 aliphatic rings. The Bertz CT molecular complexity index is 1270. The molecule has 1 aromatic carbocycles. The first-order chi connectivity index (χ1) is 18.5. The third-order valence-electron chi connectivity index (χ3n) is 6.53. The molecular weight excluding hydrogens is 559 g/mol. The molecule has 0 aliphatic carbocycles. The molecule has 4 rings (SSSR count). The van der Waals surface area contributed by atoms with Crippen molar-refractivity contribution < 1.29 is 49.1 Å². The van der Waals surface area contributed by atoms with E-state index in [1.54, 1.807) is 0 Å². The monoisotopic (exact) mass is 580 g/mol. The van der Waals surface area contributed by atoms with Gasteiger partial charge in [-0.3, -0.25) is 19.4 Å². The van der Waals surface area contributed by atoms with Crippen LogP contribution in [0.25, 0.3) is 5.57 Å². The van der Waals surface area contributed by atoms with Crippen LogP contribution in [0.1, 0.15) is 28.7 Å². The summed E-state index contributed by atoms with van der Waals surface area (Å²) in [5.41, 5.74) is -3.79. The zero-order valence-corrected chi connectivity index (χ0v) is 20.5. The van der Waals surface area contributed by atoms with Crippen LogP contribution < -0.4 is 4.90 Å². The van der Waals surface area contributed by atoms with Gasteiger partial charge >= 0.3 is 18.5 Å². The summed E-state index contributed by atoms with van der Waals surface area (Å²) in [6.07, 6.45) is -12.5. The van der Waals surface area contributed by atoms with Crippen LogP contribution in [0.5, 0.6) is 0 Å². The van der Waals surface area contributed by atoms with E-state index in [4.69, 9.17) is 0 Å². The molecule has 0 N–H and O–H groups in total. The molecule has 40 heavy (non-hydrogen) atoms. The fourth-order valence-electron chi connectivity index (χ4n) is 4.40. The van der Waals surface area contributed by atoms with Crippen molar-refractivity contribution in [3.8, 4) is 0 Å². The van der Waals surface area contributed by atoms with Gasteiger partial charge in [0.05, 0.1) is 29.8 Å². The minimum Gasteiger partial charge on any atom is -0.338 e. The molecule has 1 fully saturated rings. The Kier molecular flexibility index (Phi) is 7.89. The normalized spacial score (nSPS) is 17.7. The Hall–Kier alpha value is -3.62. The molecular formula is C25H21F9N4O2. The number of carbonyl (C=O) groups excluding carboxylic acids is 2. The maximum absolute atomic E-state index is 13.2. The van der Waals surface area contributed by atoms with Crippen LogP contribution in [0.3, 0.4) is 0 Å². The average Bonchev–Trinajstić information content (AvgIpc) is 2.87. The number of alkyl halides is 9. The van der Waals surface area contributed by atoms with Crippen molar-refractivity contribution in [2.45, 2.75) is 24.9 Å². The number of amides is 2. The van der Waals surface area contributed by atoms with Gasteiger partial charge < -0.3 is 4.90 Å². The highest BCUT2D eigenvalue weighted by molar-refractivity contribution is 5.95. The second-order valence-electron chi connectivity index (χ2n) is 9.27. The van der Waals surface area contributed by atoms with Gasteiger partial charge in [0.2, 0.25) is 11.8 Å². The number of hydrogen-bond acceptors (Lipinski definition) is 4. The van der Waals surface area contributed by atoms with E-state index < -0.39 is 47.0 Å². The zero-order valence-electron chi connectivity index (χ0n) is 20.5. The number of aromatic nitrogens is 1. The second-order valence-corrected chi connectivity index (χ2v) is 9.27. The van der Waals surface area contributed by atoms with Gasteiger partial charge in [0.15, 0.2) is 0 Å². The molecule has 0 unspecified atom stereocenters. The van der Waals surface area contributed by atoms with E-state index in [-0.39, 0.29) is 68.7 Å². The Morgan fingerprint density at radius 3 is 1.93 bits per heavy atom. The number of carbonyl (C=O) groups is 2. The summed E-state index contributed by atoms with van der Waals surface area (Å²) < 4.78 is 117. The Morgan fingerprint density at radius 2 is 1.45 bits per heavy atom. The fourth-order valence-corrected chi connectivity index (χ4v) is 4.40. The van der Waals surface area contributed by atoms with E-state index in [0.29, 0.717) is 18.3 Å². The number of benzene rings is 1. The number of piperazine rings is 1. The quantitative estimate of drug-likeness (QED) is 0.473. The van der Waals surface area contributed by atoms with Crippen LogP contribution in [-0.4, -0.2) is 65.9 Å². The molecule has 1 saturated heterocycles. The van der Waals surface area contributed by atoms with E-state index in [1.165, 1.54) is 20.8 Å². The molecule has 216 valence electrons. The van der Waals surface area contributed by atoms with Crippen molar-refractivity contribution in [1.29, 1.82) is 0 Å². The summed E-state index contributed by atoms with van der Waals surface area (Å²) in [4.78, 5) is 33.2. The van der Waals surface area contributed by atoms with E-state index >= 15 is 0 Å². The highest BCUT2D eigenvalue weighted by Crippen LogP contribution is 2.38. The molecule has 2 amide bonds. The SMILES string of the molecule is O=C(CN1CCN(c2ccc(C(F)(F)F)cn2)C(=O)C1)N1CC=C(c2cc(C(F)(F)F)cc(C(F)(F)F)c2)CC1. The van der Waals surface area contributed by atoms with E-state index in [2.05, 4.69) is 4.98 Å². The lowest BCUT2D eigenvalue weighted by atomic mass is 9.95. The van der Waals surface area contributed by atoms with Gasteiger partial charge in [-0.05, 0) is 47.9 Å². The molecule has 6 nitrogen and oxygen atoms in total. The Balaban J connectivity index is 1.37. The molecule has 0 bridgehead atoms. The molecule has 0 spiro atoms. The highest BCUT2D eigenvalue weighted by atomic mass is 19.4.